The standard InChI is InChI=1S/C25H30BNO4/c1-17-11-12-19-20(15-17)27-21(28)13-14-25(27,29)24(19,18-9-7-6-8-10-18)16-26-30-22(2,3)23(4,5)31-26/h6-12,15,29H,13-14,16H2,1-5H3/t24-,25-/m0/s1. The van der Waals surface area contributed by atoms with E-state index in [2.05, 4.69) is 12.1 Å². The summed E-state index contributed by atoms with van der Waals surface area (Å²) >= 11 is 0. The van der Waals surface area contributed by atoms with Crippen molar-refractivity contribution in [2.45, 2.75) is 76.1 Å². The summed E-state index contributed by atoms with van der Waals surface area (Å²) in [6.45, 7) is 10.2. The lowest BCUT2D eigenvalue weighted by Gasteiger charge is -2.43. The first kappa shape index (κ1) is 20.7. The summed E-state index contributed by atoms with van der Waals surface area (Å²) in [6.07, 6.45) is 1.11. The molecule has 3 heterocycles. The zero-order valence-corrected chi connectivity index (χ0v) is 18.9. The molecule has 31 heavy (non-hydrogen) atoms. The Morgan fingerprint density at radius 1 is 1.03 bits per heavy atom. The van der Waals surface area contributed by atoms with Gasteiger partial charge in [0.2, 0.25) is 5.91 Å². The Kier molecular flexibility index (Phi) is 4.31. The van der Waals surface area contributed by atoms with Crippen LogP contribution in [0.4, 0.5) is 5.69 Å². The van der Waals surface area contributed by atoms with Crippen molar-refractivity contribution >= 4 is 18.7 Å². The quantitative estimate of drug-likeness (QED) is 0.758. The Morgan fingerprint density at radius 3 is 2.32 bits per heavy atom. The number of carbonyl (C=O) groups is 1. The van der Waals surface area contributed by atoms with Crippen molar-refractivity contribution in [2.75, 3.05) is 4.90 Å². The van der Waals surface area contributed by atoms with Crippen LogP contribution in [0.15, 0.2) is 48.5 Å². The summed E-state index contributed by atoms with van der Waals surface area (Å²) in [4.78, 5) is 14.6. The first-order valence-corrected chi connectivity index (χ1v) is 11.1. The van der Waals surface area contributed by atoms with Gasteiger partial charge in [0.1, 0.15) is 0 Å². The largest absolute Gasteiger partial charge is 0.459 e. The SMILES string of the molecule is Cc1ccc2c(c1)N1C(=O)CC[C@]1(O)[C@@]2(CB1OC(C)(C)C(C)(C)O1)c1ccccc1. The zero-order valence-electron chi connectivity index (χ0n) is 18.9. The number of nitrogens with zero attached hydrogens (tertiary/aromatic N) is 1. The van der Waals surface area contributed by atoms with E-state index in [1.54, 1.807) is 4.90 Å². The van der Waals surface area contributed by atoms with E-state index in [9.17, 15) is 9.90 Å². The van der Waals surface area contributed by atoms with Crippen LogP contribution < -0.4 is 4.90 Å². The van der Waals surface area contributed by atoms with Crippen LogP contribution in [0.3, 0.4) is 0 Å². The first-order chi connectivity index (χ1) is 14.5. The smallest absolute Gasteiger partial charge is 0.403 e. The van der Waals surface area contributed by atoms with Gasteiger partial charge in [0, 0.05) is 19.2 Å². The van der Waals surface area contributed by atoms with Gasteiger partial charge in [0.15, 0.2) is 5.72 Å². The highest BCUT2D eigenvalue weighted by Gasteiger charge is 2.68. The summed E-state index contributed by atoms with van der Waals surface area (Å²) in [6, 6.07) is 16.1. The molecule has 2 saturated heterocycles. The number of hydrogen-bond acceptors (Lipinski definition) is 4. The van der Waals surface area contributed by atoms with E-state index in [-0.39, 0.29) is 5.91 Å². The molecule has 5 rings (SSSR count). The Morgan fingerprint density at radius 2 is 1.68 bits per heavy atom. The van der Waals surface area contributed by atoms with Gasteiger partial charge in [-0.2, -0.15) is 0 Å². The highest BCUT2D eigenvalue weighted by molar-refractivity contribution is 6.46. The Bertz CT molecular complexity index is 1040. The van der Waals surface area contributed by atoms with E-state index in [0.29, 0.717) is 19.2 Å². The Hall–Kier alpha value is -2.15. The highest BCUT2D eigenvalue weighted by atomic mass is 16.7. The van der Waals surface area contributed by atoms with Crippen LogP contribution in [-0.4, -0.2) is 35.1 Å². The van der Waals surface area contributed by atoms with Crippen molar-refractivity contribution in [2.24, 2.45) is 0 Å². The molecule has 0 spiro atoms. The number of aliphatic hydroxyl groups is 1. The maximum absolute atomic E-state index is 13.0. The molecule has 162 valence electrons. The molecule has 2 fully saturated rings. The Balaban J connectivity index is 1.73. The monoisotopic (exact) mass is 419 g/mol. The fourth-order valence-corrected chi connectivity index (χ4v) is 5.65. The molecule has 2 atom stereocenters. The fraction of sp³-hybridized carbons (Fsp3) is 0.480. The molecular formula is C25H30BNO4. The van der Waals surface area contributed by atoms with Crippen LogP contribution in [0.5, 0.6) is 0 Å². The lowest BCUT2D eigenvalue weighted by Crippen LogP contribution is -2.57. The lowest BCUT2D eigenvalue weighted by molar-refractivity contribution is -0.118. The molecule has 2 aromatic carbocycles. The summed E-state index contributed by atoms with van der Waals surface area (Å²) < 4.78 is 12.8. The Labute approximate surface area is 184 Å². The predicted octanol–water partition coefficient (Wildman–Crippen LogP) is 4.20. The minimum atomic E-state index is -1.37. The number of benzene rings is 2. The average Bonchev–Trinajstić information content (AvgIpc) is 3.20. The topological polar surface area (TPSA) is 59.0 Å². The van der Waals surface area contributed by atoms with E-state index in [1.165, 1.54) is 0 Å². The molecule has 3 aliphatic heterocycles. The van der Waals surface area contributed by atoms with E-state index in [4.69, 9.17) is 9.31 Å². The van der Waals surface area contributed by atoms with E-state index < -0.39 is 29.5 Å². The van der Waals surface area contributed by atoms with Crippen molar-refractivity contribution in [3.63, 3.8) is 0 Å². The number of amides is 1. The van der Waals surface area contributed by atoms with Crippen molar-refractivity contribution in [1.82, 2.24) is 0 Å². The van der Waals surface area contributed by atoms with Gasteiger partial charge in [-0.05, 0) is 57.4 Å². The van der Waals surface area contributed by atoms with Gasteiger partial charge in [-0.25, -0.2) is 0 Å². The van der Waals surface area contributed by atoms with Crippen LogP contribution in [0, 0.1) is 6.92 Å². The second-order valence-electron chi connectivity index (χ2n) is 10.2. The summed E-state index contributed by atoms with van der Waals surface area (Å²) in [7, 11) is -0.515. The predicted molar refractivity (Wildman–Crippen MR) is 121 cm³/mol. The van der Waals surface area contributed by atoms with Crippen LogP contribution in [0.1, 0.15) is 57.2 Å². The third-order valence-electron chi connectivity index (χ3n) is 7.89. The zero-order chi connectivity index (χ0) is 22.2. The van der Waals surface area contributed by atoms with Crippen molar-refractivity contribution in [3.8, 4) is 0 Å². The van der Waals surface area contributed by atoms with Gasteiger partial charge in [0.05, 0.1) is 22.3 Å². The number of aryl methyl sites for hydroxylation is 1. The molecule has 1 N–H and O–H groups in total. The average molecular weight is 419 g/mol. The molecular weight excluding hydrogens is 389 g/mol. The molecule has 3 aliphatic rings. The van der Waals surface area contributed by atoms with Crippen LogP contribution in [-0.2, 0) is 19.5 Å². The molecule has 0 bridgehead atoms. The van der Waals surface area contributed by atoms with Crippen molar-refractivity contribution in [3.05, 3.63) is 65.2 Å². The number of rotatable bonds is 3. The van der Waals surface area contributed by atoms with Gasteiger partial charge >= 0.3 is 7.12 Å². The van der Waals surface area contributed by atoms with E-state index >= 15 is 0 Å². The molecule has 0 aliphatic carbocycles. The third kappa shape index (κ3) is 2.65. The fourth-order valence-electron chi connectivity index (χ4n) is 5.65. The number of hydrogen-bond donors (Lipinski definition) is 1. The summed E-state index contributed by atoms with van der Waals surface area (Å²) in [5.74, 6) is -0.0407. The molecule has 0 saturated carbocycles. The van der Waals surface area contributed by atoms with Crippen LogP contribution in [0.25, 0.3) is 0 Å². The highest BCUT2D eigenvalue weighted by Crippen LogP contribution is 2.61. The van der Waals surface area contributed by atoms with Gasteiger partial charge in [-0.15, -0.1) is 0 Å². The van der Waals surface area contributed by atoms with Gasteiger partial charge in [-0.1, -0.05) is 42.5 Å². The van der Waals surface area contributed by atoms with Crippen LogP contribution >= 0.6 is 0 Å². The molecule has 2 aromatic rings. The van der Waals surface area contributed by atoms with Crippen molar-refractivity contribution < 1.29 is 19.2 Å². The third-order valence-corrected chi connectivity index (χ3v) is 7.89. The maximum atomic E-state index is 13.0. The second kappa shape index (κ2) is 6.44. The van der Waals surface area contributed by atoms with Crippen LogP contribution in [0.2, 0.25) is 6.32 Å². The molecule has 6 heteroatoms. The minimum Gasteiger partial charge on any atom is -0.403 e. The summed E-state index contributed by atoms with van der Waals surface area (Å²) in [5.41, 5.74) is 0.598. The molecule has 1 amide bonds. The number of carbonyl (C=O) groups excluding carboxylic acids is 1. The molecule has 5 nitrogen and oxygen atoms in total. The maximum Gasteiger partial charge on any atom is 0.459 e. The second-order valence-corrected chi connectivity index (χ2v) is 10.2. The first-order valence-electron chi connectivity index (χ1n) is 11.1. The number of fused-ring (bicyclic) bond motifs is 3. The van der Waals surface area contributed by atoms with Gasteiger partial charge in [-0.3, -0.25) is 9.69 Å². The summed E-state index contributed by atoms with van der Waals surface area (Å²) in [5, 5.41) is 12.3. The number of anilines is 1. The van der Waals surface area contributed by atoms with Gasteiger partial charge in [0.25, 0.3) is 0 Å². The molecule has 0 radical (unpaired) electrons. The van der Waals surface area contributed by atoms with Gasteiger partial charge < -0.3 is 14.4 Å². The molecule has 0 unspecified atom stereocenters. The minimum absolute atomic E-state index is 0.0407. The lowest BCUT2D eigenvalue weighted by atomic mass is 9.57. The van der Waals surface area contributed by atoms with E-state index in [0.717, 1.165) is 22.4 Å². The van der Waals surface area contributed by atoms with E-state index in [1.807, 2.05) is 71.0 Å². The normalized spacial score (nSPS) is 30.6. The van der Waals surface area contributed by atoms with Crippen molar-refractivity contribution in [1.29, 1.82) is 0 Å². The molecule has 0 aromatic heterocycles.